The van der Waals surface area contributed by atoms with Crippen molar-refractivity contribution < 1.29 is 21.8 Å². The first kappa shape index (κ1) is 18.0. The van der Waals surface area contributed by atoms with E-state index in [9.17, 15) is 17.3 Å². The van der Waals surface area contributed by atoms with E-state index in [0.29, 0.717) is 0 Å². The molecule has 1 rings (SSSR count). The van der Waals surface area contributed by atoms with Gasteiger partial charge in [0.15, 0.2) is 0 Å². The molecule has 89 valence electrons. The second-order valence-corrected chi connectivity index (χ2v) is 3.17. The number of nitrogens with zero attached hydrogens (tertiary/aromatic N) is 2. The quantitative estimate of drug-likeness (QED) is 0.429. The zero-order valence-corrected chi connectivity index (χ0v) is 9.84. The Labute approximate surface area is 105 Å². The van der Waals surface area contributed by atoms with Crippen molar-refractivity contribution >= 4 is 26.1 Å². The van der Waals surface area contributed by atoms with Gasteiger partial charge >= 0.3 is 7.25 Å². The van der Waals surface area contributed by atoms with E-state index in [1.165, 1.54) is 12.8 Å². The molecule has 0 bridgehead atoms. The molecule has 0 fully saturated rings. The van der Waals surface area contributed by atoms with Crippen LogP contribution in [0.25, 0.3) is 0 Å². The maximum absolute atomic E-state index is 9.75. The van der Waals surface area contributed by atoms with Gasteiger partial charge in [0.25, 0.3) is 0 Å². The maximum Gasteiger partial charge on any atom is 0.673 e. The number of hydrogen-bond acceptors (Lipinski definition) is 0. The molecule has 2 nitrogen and oxygen atoms in total. The third-order valence-electron chi connectivity index (χ3n) is 1.59. The Hall–Kier alpha value is -0.408. The fourth-order valence-electron chi connectivity index (χ4n) is 0.975. The van der Waals surface area contributed by atoms with Crippen LogP contribution in [0.5, 0.6) is 0 Å². The summed E-state index contributed by atoms with van der Waals surface area (Å²) in [7, 11) is -3.96. The summed E-state index contributed by atoms with van der Waals surface area (Å²) in [5.74, 6) is 0. The van der Waals surface area contributed by atoms with E-state index < -0.39 is 7.25 Å². The van der Waals surface area contributed by atoms with E-state index in [1.54, 1.807) is 0 Å². The zero-order chi connectivity index (χ0) is 11.9. The minimum Gasteiger partial charge on any atom is -0.418 e. The molecule has 0 aromatic carbocycles. The largest absolute Gasteiger partial charge is 0.673 e. The van der Waals surface area contributed by atoms with Crippen LogP contribution in [0.15, 0.2) is 18.7 Å². The topological polar surface area (TPSA) is 8.81 Å². The van der Waals surface area contributed by atoms with Gasteiger partial charge in [0, 0.05) is 18.9 Å². The molecule has 0 aliphatic rings. The molecule has 1 aromatic heterocycles. The monoisotopic (exact) mass is 233 g/mol. The molecule has 1 aromatic rings. The minimum absolute atomic E-state index is 0. The van der Waals surface area contributed by atoms with E-state index in [0.717, 1.165) is 6.54 Å². The van der Waals surface area contributed by atoms with Crippen LogP contribution in [0.1, 0.15) is 19.8 Å². The molecule has 0 saturated carbocycles. The number of rotatable bonds is 3. The Morgan fingerprint density at radius 1 is 1.25 bits per heavy atom. The van der Waals surface area contributed by atoms with Crippen LogP contribution in [-0.2, 0) is 13.6 Å². The van der Waals surface area contributed by atoms with Crippen LogP contribution in [0.2, 0.25) is 0 Å². The van der Waals surface area contributed by atoms with Crippen molar-refractivity contribution in [2.24, 2.45) is 7.05 Å². The zero-order valence-electron chi connectivity index (χ0n) is 9.84. The smallest absolute Gasteiger partial charge is 0.418 e. The Balaban J connectivity index is 0. The second-order valence-electron chi connectivity index (χ2n) is 3.17. The normalized spacial score (nSPS) is 10.1. The molecular formula is C8H15BF4LiN2. The molecule has 0 spiro atoms. The number of aryl methyl sites for hydroxylation is 2. The minimum atomic E-state index is -6.00. The van der Waals surface area contributed by atoms with Gasteiger partial charge in [-0.1, -0.05) is 13.3 Å². The van der Waals surface area contributed by atoms with Crippen LogP contribution in [0.3, 0.4) is 0 Å². The number of hydrogen-bond donors (Lipinski definition) is 0. The Morgan fingerprint density at radius 2 is 1.75 bits per heavy atom. The molecule has 0 saturated heterocycles. The third kappa shape index (κ3) is 13.6. The number of unbranched alkanes of at least 4 members (excludes halogenated alkanes) is 1. The van der Waals surface area contributed by atoms with Crippen LogP contribution < -0.4 is 4.57 Å². The van der Waals surface area contributed by atoms with Gasteiger partial charge in [-0.3, -0.25) is 0 Å². The number of aromatic nitrogens is 2. The average molecular weight is 233 g/mol. The molecular weight excluding hydrogens is 218 g/mol. The Morgan fingerprint density at radius 3 is 2.06 bits per heavy atom. The van der Waals surface area contributed by atoms with Gasteiger partial charge in [-0.25, -0.2) is 9.13 Å². The van der Waals surface area contributed by atoms with Gasteiger partial charge in [0.2, 0.25) is 6.33 Å². The van der Waals surface area contributed by atoms with Crippen LogP contribution in [-0.4, -0.2) is 30.7 Å². The summed E-state index contributed by atoms with van der Waals surface area (Å²) in [5.41, 5.74) is 0. The van der Waals surface area contributed by atoms with Crippen molar-refractivity contribution in [2.75, 3.05) is 0 Å². The van der Waals surface area contributed by atoms with Crippen molar-refractivity contribution in [3.8, 4) is 0 Å². The summed E-state index contributed by atoms with van der Waals surface area (Å²) in [6, 6.07) is 0. The summed E-state index contributed by atoms with van der Waals surface area (Å²) < 4.78 is 43.3. The first-order valence-electron chi connectivity index (χ1n) is 4.71. The average Bonchev–Trinajstić information content (AvgIpc) is 2.45. The predicted molar refractivity (Wildman–Crippen MR) is 56.5 cm³/mol. The number of halogens is 4. The summed E-state index contributed by atoms with van der Waals surface area (Å²) in [4.78, 5) is 0. The first-order valence-corrected chi connectivity index (χ1v) is 4.71. The molecule has 1 radical (unpaired) electrons. The fraction of sp³-hybridized carbons (Fsp3) is 0.625. The van der Waals surface area contributed by atoms with Crippen molar-refractivity contribution in [2.45, 2.75) is 26.3 Å². The molecule has 0 amide bonds. The molecule has 0 aliphatic carbocycles. The van der Waals surface area contributed by atoms with Gasteiger partial charge in [-0.2, -0.15) is 0 Å². The maximum atomic E-state index is 9.75. The Kier molecular flexibility index (Phi) is 9.78. The Bertz CT molecular complexity index is 271. The fourth-order valence-corrected chi connectivity index (χ4v) is 0.975. The van der Waals surface area contributed by atoms with Crippen LogP contribution >= 0.6 is 0 Å². The standard InChI is InChI=1S/C8H15N2.BF4.Li/c1-3-4-5-10-7-6-9(2)8-10;2-1(3,4)5;/h6-8H,3-5H2,1-2H3;;/q+1;-1;. The SMILES string of the molecule is CCCCn1cc[n+](C)c1.F[B-](F)(F)F.[Li]. The van der Waals surface area contributed by atoms with E-state index in [4.69, 9.17) is 0 Å². The van der Waals surface area contributed by atoms with Crippen molar-refractivity contribution in [1.29, 1.82) is 0 Å². The van der Waals surface area contributed by atoms with Crippen LogP contribution in [0, 0.1) is 0 Å². The van der Waals surface area contributed by atoms with Gasteiger partial charge < -0.3 is 17.3 Å². The second kappa shape index (κ2) is 8.71. The molecule has 0 aliphatic heterocycles. The number of imidazole rings is 1. The molecule has 16 heavy (non-hydrogen) atoms. The van der Waals surface area contributed by atoms with Gasteiger partial charge in [-0.05, 0) is 6.42 Å². The van der Waals surface area contributed by atoms with E-state index in [1.807, 2.05) is 7.05 Å². The first-order chi connectivity index (χ1) is 6.83. The van der Waals surface area contributed by atoms with Gasteiger partial charge in [-0.15, -0.1) is 0 Å². The van der Waals surface area contributed by atoms with Gasteiger partial charge in [0.05, 0.1) is 13.6 Å². The molecule has 0 atom stereocenters. The van der Waals surface area contributed by atoms with E-state index in [2.05, 4.69) is 34.8 Å². The predicted octanol–water partition coefficient (Wildman–Crippen LogP) is 2.03. The van der Waals surface area contributed by atoms with Crippen molar-refractivity contribution in [3.05, 3.63) is 18.7 Å². The van der Waals surface area contributed by atoms with E-state index in [-0.39, 0.29) is 18.9 Å². The van der Waals surface area contributed by atoms with Gasteiger partial charge in [0.1, 0.15) is 12.4 Å². The molecule has 0 unspecified atom stereocenters. The van der Waals surface area contributed by atoms with Crippen LogP contribution in [0.4, 0.5) is 17.3 Å². The molecule has 1 heterocycles. The third-order valence-corrected chi connectivity index (χ3v) is 1.59. The summed E-state index contributed by atoms with van der Waals surface area (Å²) in [5, 5.41) is 0. The summed E-state index contributed by atoms with van der Waals surface area (Å²) in [6.45, 7) is 3.36. The summed E-state index contributed by atoms with van der Waals surface area (Å²) in [6.07, 6.45) is 8.82. The summed E-state index contributed by atoms with van der Waals surface area (Å²) >= 11 is 0. The van der Waals surface area contributed by atoms with E-state index >= 15 is 0 Å². The molecule has 0 N–H and O–H groups in total. The molecule has 8 heteroatoms. The van der Waals surface area contributed by atoms with Crippen molar-refractivity contribution in [3.63, 3.8) is 0 Å². The van der Waals surface area contributed by atoms with Crippen molar-refractivity contribution in [1.82, 2.24) is 4.57 Å².